The van der Waals surface area contributed by atoms with E-state index in [0.29, 0.717) is 6.04 Å². The molecule has 0 radical (unpaired) electrons. The van der Waals surface area contributed by atoms with E-state index >= 15 is 0 Å². The van der Waals surface area contributed by atoms with Crippen molar-refractivity contribution in [1.29, 1.82) is 0 Å². The van der Waals surface area contributed by atoms with Crippen molar-refractivity contribution in [3.8, 4) is 0 Å². The fraction of sp³-hybridized carbons (Fsp3) is 0.929. The van der Waals surface area contributed by atoms with E-state index in [4.69, 9.17) is 0 Å². The van der Waals surface area contributed by atoms with E-state index in [2.05, 4.69) is 17.6 Å². The van der Waals surface area contributed by atoms with Gasteiger partial charge >= 0.3 is 0 Å². The van der Waals surface area contributed by atoms with Crippen LogP contribution in [0, 0.1) is 5.41 Å². The second-order valence-corrected chi connectivity index (χ2v) is 5.96. The lowest BCUT2D eigenvalue weighted by Gasteiger charge is -2.32. The van der Waals surface area contributed by atoms with E-state index in [1.165, 1.54) is 32.1 Å². The Labute approximate surface area is 105 Å². The van der Waals surface area contributed by atoms with Gasteiger partial charge in [0.25, 0.3) is 0 Å². The third-order valence-corrected chi connectivity index (χ3v) is 4.45. The summed E-state index contributed by atoms with van der Waals surface area (Å²) in [6.07, 6.45) is 9.52. The molecule has 3 heteroatoms. The minimum absolute atomic E-state index is 0.0820. The predicted octanol–water partition coefficient (Wildman–Crippen LogP) is 2.22. The lowest BCUT2D eigenvalue weighted by Crippen LogP contribution is -2.41. The summed E-state index contributed by atoms with van der Waals surface area (Å²) in [5.74, 6) is 0.287. The molecule has 1 atom stereocenters. The summed E-state index contributed by atoms with van der Waals surface area (Å²) in [6, 6.07) is 0.634. The first kappa shape index (κ1) is 12.9. The number of carbonyl (C=O) groups is 1. The Balaban J connectivity index is 1.68. The molecule has 1 saturated heterocycles. The van der Waals surface area contributed by atoms with Crippen LogP contribution in [0.25, 0.3) is 0 Å². The van der Waals surface area contributed by atoms with Crippen LogP contribution in [0.4, 0.5) is 0 Å². The molecule has 2 rings (SSSR count). The SMILES string of the molecule is CC1(C(=O)NCC[C@@H]2CCCN2)CCCCC1. The van der Waals surface area contributed by atoms with Gasteiger partial charge in [-0.25, -0.2) is 0 Å². The third-order valence-electron chi connectivity index (χ3n) is 4.45. The summed E-state index contributed by atoms with van der Waals surface area (Å²) in [4.78, 5) is 12.2. The lowest BCUT2D eigenvalue weighted by atomic mass is 9.75. The second-order valence-electron chi connectivity index (χ2n) is 5.96. The van der Waals surface area contributed by atoms with Crippen LogP contribution in [0.15, 0.2) is 0 Å². The highest BCUT2D eigenvalue weighted by Gasteiger charge is 2.34. The summed E-state index contributed by atoms with van der Waals surface area (Å²) >= 11 is 0. The zero-order valence-corrected chi connectivity index (χ0v) is 11.1. The average Bonchev–Trinajstić information content (AvgIpc) is 2.83. The molecule has 1 saturated carbocycles. The molecule has 1 aliphatic carbocycles. The molecule has 2 N–H and O–H groups in total. The fourth-order valence-corrected chi connectivity index (χ4v) is 3.14. The molecular weight excluding hydrogens is 212 g/mol. The molecule has 0 bridgehead atoms. The smallest absolute Gasteiger partial charge is 0.225 e. The van der Waals surface area contributed by atoms with E-state index in [-0.39, 0.29) is 11.3 Å². The molecule has 0 aromatic heterocycles. The van der Waals surface area contributed by atoms with Gasteiger partial charge in [-0.1, -0.05) is 26.2 Å². The Kier molecular flexibility index (Phi) is 4.43. The number of amides is 1. The maximum absolute atomic E-state index is 12.2. The molecule has 2 aliphatic rings. The molecule has 3 nitrogen and oxygen atoms in total. The summed E-state index contributed by atoms with van der Waals surface area (Å²) < 4.78 is 0. The minimum atomic E-state index is -0.0820. The Morgan fingerprint density at radius 2 is 2.06 bits per heavy atom. The fourth-order valence-electron chi connectivity index (χ4n) is 3.14. The minimum Gasteiger partial charge on any atom is -0.356 e. The maximum atomic E-state index is 12.2. The van der Waals surface area contributed by atoms with Crippen LogP contribution in [0.2, 0.25) is 0 Å². The molecule has 1 aliphatic heterocycles. The van der Waals surface area contributed by atoms with Crippen molar-refractivity contribution in [2.24, 2.45) is 5.41 Å². The zero-order chi connectivity index (χ0) is 12.1. The van der Waals surface area contributed by atoms with Crippen molar-refractivity contribution in [2.75, 3.05) is 13.1 Å². The van der Waals surface area contributed by atoms with Crippen LogP contribution in [0.5, 0.6) is 0 Å². The maximum Gasteiger partial charge on any atom is 0.225 e. The highest BCUT2D eigenvalue weighted by Crippen LogP contribution is 2.35. The normalized spacial score (nSPS) is 27.9. The Hall–Kier alpha value is -0.570. The molecular formula is C14H26N2O. The average molecular weight is 238 g/mol. The van der Waals surface area contributed by atoms with Crippen molar-refractivity contribution in [3.05, 3.63) is 0 Å². The monoisotopic (exact) mass is 238 g/mol. The Morgan fingerprint density at radius 1 is 1.29 bits per heavy atom. The van der Waals surface area contributed by atoms with Gasteiger partial charge in [-0.05, 0) is 38.6 Å². The molecule has 17 heavy (non-hydrogen) atoms. The molecule has 0 aromatic carbocycles. The highest BCUT2D eigenvalue weighted by molar-refractivity contribution is 5.82. The van der Waals surface area contributed by atoms with Gasteiger partial charge in [0.15, 0.2) is 0 Å². The van der Waals surface area contributed by atoms with Crippen LogP contribution < -0.4 is 10.6 Å². The number of hydrogen-bond acceptors (Lipinski definition) is 2. The predicted molar refractivity (Wildman–Crippen MR) is 69.8 cm³/mol. The molecule has 0 spiro atoms. The van der Waals surface area contributed by atoms with Crippen molar-refractivity contribution in [1.82, 2.24) is 10.6 Å². The van der Waals surface area contributed by atoms with Gasteiger partial charge in [0.1, 0.15) is 0 Å². The topological polar surface area (TPSA) is 41.1 Å². The van der Waals surface area contributed by atoms with E-state index in [9.17, 15) is 4.79 Å². The second kappa shape index (κ2) is 5.85. The van der Waals surface area contributed by atoms with Crippen LogP contribution in [0.1, 0.15) is 58.3 Å². The number of carbonyl (C=O) groups excluding carboxylic acids is 1. The molecule has 0 aromatic rings. The van der Waals surface area contributed by atoms with Gasteiger partial charge in [-0.3, -0.25) is 4.79 Å². The van der Waals surface area contributed by atoms with Crippen molar-refractivity contribution in [2.45, 2.75) is 64.3 Å². The first-order valence-corrected chi connectivity index (χ1v) is 7.22. The standard InChI is InChI=1S/C14H26N2O/c1-14(8-3-2-4-9-14)13(17)16-11-7-12-6-5-10-15-12/h12,15H,2-11H2,1H3,(H,16,17)/t12-/m0/s1. The van der Waals surface area contributed by atoms with Gasteiger partial charge in [-0.2, -0.15) is 0 Å². The van der Waals surface area contributed by atoms with Crippen LogP contribution in [0.3, 0.4) is 0 Å². The molecule has 1 amide bonds. The first-order chi connectivity index (χ1) is 8.21. The van der Waals surface area contributed by atoms with Gasteiger partial charge < -0.3 is 10.6 Å². The van der Waals surface area contributed by atoms with Gasteiger partial charge in [0.2, 0.25) is 5.91 Å². The summed E-state index contributed by atoms with van der Waals surface area (Å²) in [5.41, 5.74) is -0.0820. The Bertz CT molecular complexity index is 253. The molecule has 2 fully saturated rings. The summed E-state index contributed by atoms with van der Waals surface area (Å²) in [7, 11) is 0. The highest BCUT2D eigenvalue weighted by atomic mass is 16.2. The van der Waals surface area contributed by atoms with E-state index in [1.807, 2.05) is 0 Å². The van der Waals surface area contributed by atoms with E-state index in [1.54, 1.807) is 0 Å². The molecule has 0 unspecified atom stereocenters. The first-order valence-electron chi connectivity index (χ1n) is 7.22. The van der Waals surface area contributed by atoms with Gasteiger partial charge in [-0.15, -0.1) is 0 Å². The largest absolute Gasteiger partial charge is 0.356 e. The van der Waals surface area contributed by atoms with E-state index in [0.717, 1.165) is 32.4 Å². The zero-order valence-electron chi connectivity index (χ0n) is 11.1. The van der Waals surface area contributed by atoms with Gasteiger partial charge in [0.05, 0.1) is 0 Å². The third kappa shape index (κ3) is 3.44. The quantitative estimate of drug-likeness (QED) is 0.788. The van der Waals surface area contributed by atoms with Crippen molar-refractivity contribution < 1.29 is 4.79 Å². The van der Waals surface area contributed by atoms with Crippen LogP contribution >= 0.6 is 0 Å². The van der Waals surface area contributed by atoms with Gasteiger partial charge in [0, 0.05) is 18.0 Å². The number of rotatable bonds is 4. The Morgan fingerprint density at radius 3 is 2.71 bits per heavy atom. The molecule has 1 heterocycles. The van der Waals surface area contributed by atoms with E-state index < -0.39 is 0 Å². The lowest BCUT2D eigenvalue weighted by molar-refractivity contribution is -0.131. The van der Waals surface area contributed by atoms with Crippen LogP contribution in [-0.2, 0) is 4.79 Å². The summed E-state index contributed by atoms with van der Waals surface area (Å²) in [5, 5.41) is 6.61. The summed E-state index contributed by atoms with van der Waals surface area (Å²) in [6.45, 7) is 4.12. The van der Waals surface area contributed by atoms with Crippen LogP contribution in [-0.4, -0.2) is 25.0 Å². The number of nitrogens with one attached hydrogen (secondary N) is 2. The number of hydrogen-bond donors (Lipinski definition) is 2. The van der Waals surface area contributed by atoms with Crippen molar-refractivity contribution in [3.63, 3.8) is 0 Å². The molecule has 98 valence electrons. The van der Waals surface area contributed by atoms with Crippen molar-refractivity contribution >= 4 is 5.91 Å².